The summed E-state index contributed by atoms with van der Waals surface area (Å²) < 4.78 is 5.33. The van der Waals surface area contributed by atoms with Crippen LogP contribution in [0.4, 0.5) is 11.5 Å². The fourth-order valence-electron chi connectivity index (χ4n) is 3.43. The van der Waals surface area contributed by atoms with E-state index in [2.05, 4.69) is 10.3 Å². The number of carbonyl (C=O) groups excluding carboxylic acids is 2. The van der Waals surface area contributed by atoms with Gasteiger partial charge in [0.2, 0.25) is 0 Å². The van der Waals surface area contributed by atoms with Crippen LogP contribution in [0, 0.1) is 10.1 Å². The number of hydrogen-bond acceptors (Lipinski definition) is 7. The van der Waals surface area contributed by atoms with E-state index in [9.17, 15) is 19.7 Å². The van der Waals surface area contributed by atoms with Crippen molar-refractivity contribution in [2.24, 2.45) is 0 Å². The number of aromatic nitrogens is 1. The fraction of sp³-hybridized carbons (Fsp3) is 0.174. The molecule has 1 aliphatic rings. The number of amides is 2. The van der Waals surface area contributed by atoms with Crippen LogP contribution in [0.1, 0.15) is 16.1 Å². The molecule has 1 aliphatic heterocycles. The minimum Gasteiger partial charge on any atom is -0.465 e. The highest BCUT2D eigenvalue weighted by Crippen LogP contribution is 2.18. The van der Waals surface area contributed by atoms with Crippen molar-refractivity contribution in [1.82, 2.24) is 15.2 Å². The normalized spacial score (nSPS) is 14.1. The highest BCUT2D eigenvalue weighted by atomic mass is 16.6. The Morgan fingerprint density at radius 1 is 1.03 bits per heavy atom. The lowest BCUT2D eigenvalue weighted by Crippen LogP contribution is -2.50. The lowest BCUT2D eigenvalue weighted by atomic mass is 10.2. The number of nitrogens with zero attached hydrogens (tertiary/aromatic N) is 4. The van der Waals surface area contributed by atoms with Crippen LogP contribution >= 0.6 is 0 Å². The third kappa shape index (κ3) is 5.24. The van der Waals surface area contributed by atoms with Gasteiger partial charge in [0.25, 0.3) is 17.5 Å². The summed E-state index contributed by atoms with van der Waals surface area (Å²) in [5.41, 5.74) is 0.472. The highest BCUT2D eigenvalue weighted by molar-refractivity contribution is 6.05. The van der Waals surface area contributed by atoms with Gasteiger partial charge in [-0.25, -0.2) is 4.98 Å². The number of hydrogen-bond donors (Lipinski definition) is 1. The molecule has 1 aromatic carbocycles. The van der Waals surface area contributed by atoms with Gasteiger partial charge in [-0.05, 0) is 30.3 Å². The zero-order valence-corrected chi connectivity index (χ0v) is 17.6. The van der Waals surface area contributed by atoms with Crippen molar-refractivity contribution in [3.05, 3.63) is 94.2 Å². The molecule has 168 valence electrons. The predicted molar refractivity (Wildman–Crippen MR) is 120 cm³/mol. The van der Waals surface area contributed by atoms with Gasteiger partial charge in [0.1, 0.15) is 23.5 Å². The third-order valence-electron chi connectivity index (χ3n) is 5.18. The molecule has 3 heterocycles. The van der Waals surface area contributed by atoms with E-state index in [1.165, 1.54) is 24.6 Å². The monoisotopic (exact) mass is 447 g/mol. The maximum atomic E-state index is 13.2. The second-order valence-electron chi connectivity index (χ2n) is 7.30. The molecule has 0 bridgehead atoms. The molecular formula is C23H21N5O5. The molecule has 1 fully saturated rings. The van der Waals surface area contributed by atoms with Gasteiger partial charge in [0, 0.05) is 43.9 Å². The van der Waals surface area contributed by atoms with E-state index in [0.29, 0.717) is 43.3 Å². The topological polar surface area (TPSA) is 122 Å². The second kappa shape index (κ2) is 9.77. The largest absolute Gasteiger partial charge is 0.465 e. The van der Waals surface area contributed by atoms with Gasteiger partial charge in [-0.15, -0.1) is 0 Å². The van der Waals surface area contributed by atoms with Crippen LogP contribution in [0.2, 0.25) is 0 Å². The Morgan fingerprint density at radius 2 is 1.79 bits per heavy atom. The first kappa shape index (κ1) is 21.8. The molecular weight excluding hydrogens is 426 g/mol. The van der Waals surface area contributed by atoms with E-state index in [0.717, 1.165) is 0 Å². The molecule has 0 radical (unpaired) electrons. The minimum atomic E-state index is -0.496. The first-order chi connectivity index (χ1) is 16.0. The molecule has 1 N–H and O–H groups in total. The maximum absolute atomic E-state index is 13.2. The van der Waals surface area contributed by atoms with Crippen molar-refractivity contribution in [3.63, 3.8) is 0 Å². The summed E-state index contributed by atoms with van der Waals surface area (Å²) in [5, 5.41) is 13.5. The first-order valence-corrected chi connectivity index (χ1v) is 10.3. The number of nitrogens with one attached hydrogen (secondary N) is 1. The molecule has 4 rings (SSSR count). The van der Waals surface area contributed by atoms with E-state index >= 15 is 0 Å². The Hall–Kier alpha value is -4.47. The predicted octanol–water partition coefficient (Wildman–Crippen LogP) is 2.70. The van der Waals surface area contributed by atoms with Gasteiger partial charge in [-0.2, -0.15) is 0 Å². The van der Waals surface area contributed by atoms with E-state index in [1.54, 1.807) is 53.4 Å². The first-order valence-electron chi connectivity index (χ1n) is 10.3. The van der Waals surface area contributed by atoms with Crippen LogP contribution in [-0.2, 0) is 4.79 Å². The molecule has 1 saturated heterocycles. The van der Waals surface area contributed by atoms with E-state index < -0.39 is 10.8 Å². The molecule has 2 amide bonds. The van der Waals surface area contributed by atoms with Crippen LogP contribution in [0.3, 0.4) is 0 Å². The zero-order valence-electron chi connectivity index (χ0n) is 17.6. The minimum absolute atomic E-state index is 0.0746. The van der Waals surface area contributed by atoms with Gasteiger partial charge in [-0.3, -0.25) is 19.7 Å². The van der Waals surface area contributed by atoms with Gasteiger partial charge < -0.3 is 19.5 Å². The van der Waals surface area contributed by atoms with Gasteiger partial charge >= 0.3 is 0 Å². The summed E-state index contributed by atoms with van der Waals surface area (Å²) in [4.78, 5) is 44.0. The van der Waals surface area contributed by atoms with E-state index in [4.69, 9.17) is 4.42 Å². The van der Waals surface area contributed by atoms with Crippen molar-refractivity contribution in [2.75, 3.05) is 31.1 Å². The number of benzene rings is 1. The smallest absolute Gasteiger partial charge is 0.287 e. The SMILES string of the molecule is O=C(NC(=Cc1ccco1)C(=O)N1CCN(c2ccc([N+](=O)[O-])cn2)CC1)c1ccccc1. The summed E-state index contributed by atoms with van der Waals surface area (Å²) >= 11 is 0. The van der Waals surface area contributed by atoms with E-state index in [-0.39, 0.29) is 17.3 Å². The van der Waals surface area contributed by atoms with Crippen molar-refractivity contribution >= 4 is 29.4 Å². The number of furan rings is 1. The lowest BCUT2D eigenvalue weighted by Gasteiger charge is -2.35. The average molecular weight is 447 g/mol. The van der Waals surface area contributed by atoms with E-state index in [1.807, 2.05) is 4.90 Å². The van der Waals surface area contributed by atoms with Crippen LogP contribution in [0.15, 0.2) is 77.2 Å². The molecule has 0 atom stereocenters. The molecule has 0 aliphatic carbocycles. The summed E-state index contributed by atoms with van der Waals surface area (Å²) in [5.74, 6) is 0.333. The quantitative estimate of drug-likeness (QED) is 0.350. The van der Waals surface area contributed by atoms with Gasteiger partial charge in [-0.1, -0.05) is 18.2 Å². The molecule has 33 heavy (non-hydrogen) atoms. The number of pyridine rings is 1. The second-order valence-corrected chi connectivity index (χ2v) is 7.30. The van der Waals surface area contributed by atoms with Crippen LogP contribution in [0.5, 0.6) is 0 Å². The molecule has 3 aromatic rings. The summed E-state index contributed by atoms with van der Waals surface area (Å²) in [7, 11) is 0. The Labute approximate surface area is 189 Å². The highest BCUT2D eigenvalue weighted by Gasteiger charge is 2.26. The number of anilines is 1. The van der Waals surface area contributed by atoms with Crippen molar-refractivity contribution in [1.29, 1.82) is 0 Å². The fourth-order valence-corrected chi connectivity index (χ4v) is 3.43. The third-order valence-corrected chi connectivity index (χ3v) is 5.18. The molecule has 0 saturated carbocycles. The van der Waals surface area contributed by atoms with Gasteiger partial charge in [0.05, 0.1) is 11.2 Å². The van der Waals surface area contributed by atoms with Crippen molar-refractivity contribution < 1.29 is 18.9 Å². The Bertz CT molecular complexity index is 1150. The molecule has 2 aromatic heterocycles. The number of piperazine rings is 1. The van der Waals surface area contributed by atoms with Crippen LogP contribution in [-0.4, -0.2) is 52.8 Å². The van der Waals surface area contributed by atoms with Crippen molar-refractivity contribution in [2.45, 2.75) is 0 Å². The van der Waals surface area contributed by atoms with Gasteiger partial charge in [0.15, 0.2) is 0 Å². The Morgan fingerprint density at radius 3 is 2.39 bits per heavy atom. The van der Waals surface area contributed by atoms with Crippen LogP contribution in [0.25, 0.3) is 6.08 Å². The number of rotatable bonds is 6. The number of carbonyl (C=O) groups is 2. The van der Waals surface area contributed by atoms with Crippen LogP contribution < -0.4 is 10.2 Å². The Kier molecular flexibility index (Phi) is 6.44. The van der Waals surface area contributed by atoms with Crippen molar-refractivity contribution in [3.8, 4) is 0 Å². The molecule has 10 heteroatoms. The summed E-state index contributed by atoms with van der Waals surface area (Å²) in [6, 6.07) is 15.0. The molecule has 0 spiro atoms. The number of nitro groups is 1. The summed E-state index contributed by atoms with van der Waals surface area (Å²) in [6.45, 7) is 1.79. The maximum Gasteiger partial charge on any atom is 0.287 e. The molecule has 0 unspecified atom stereocenters. The average Bonchev–Trinajstić information content (AvgIpc) is 3.37. The lowest BCUT2D eigenvalue weighted by molar-refractivity contribution is -0.385. The Balaban J connectivity index is 1.45. The zero-order chi connectivity index (χ0) is 23.2. The summed E-state index contributed by atoms with van der Waals surface area (Å²) in [6.07, 6.45) is 4.21. The molecule has 10 nitrogen and oxygen atoms in total. The standard InChI is InChI=1S/C23H21N5O5/c29-22(17-5-2-1-3-6-17)25-20(15-19-7-4-14-33-19)23(30)27-12-10-26(11-13-27)21-9-8-18(16-24-21)28(31)32/h1-9,14-16H,10-13H2,(H,25,29).